The Morgan fingerprint density at radius 1 is 0.900 bits per heavy atom. The van der Waals surface area contributed by atoms with Crippen molar-refractivity contribution in [1.29, 1.82) is 0 Å². The summed E-state index contributed by atoms with van der Waals surface area (Å²) in [6.45, 7) is -0.192. The normalized spacial score (nSPS) is 11.6. The second-order valence-electron chi connectivity index (χ2n) is 6.98. The van der Waals surface area contributed by atoms with E-state index < -0.39 is 10.0 Å². The second-order valence-corrected chi connectivity index (χ2v) is 9.40. The van der Waals surface area contributed by atoms with Crippen molar-refractivity contribution in [2.24, 2.45) is 0 Å². The molecule has 30 heavy (non-hydrogen) atoms. The molecule has 156 valence electrons. The van der Waals surface area contributed by atoms with Crippen LogP contribution in [0.1, 0.15) is 22.7 Å². The van der Waals surface area contributed by atoms with Crippen LogP contribution in [-0.2, 0) is 21.4 Å². The first-order valence-corrected chi connectivity index (χ1v) is 11.6. The van der Waals surface area contributed by atoms with Gasteiger partial charge in [-0.05, 0) is 28.8 Å². The van der Waals surface area contributed by atoms with Gasteiger partial charge in [-0.25, -0.2) is 8.42 Å². The molecule has 0 radical (unpaired) electrons. The van der Waals surface area contributed by atoms with Crippen LogP contribution in [0.25, 0.3) is 0 Å². The lowest BCUT2D eigenvalue weighted by Gasteiger charge is -2.23. The summed E-state index contributed by atoms with van der Waals surface area (Å²) < 4.78 is 25.7. The Balaban J connectivity index is 1.79. The monoisotopic (exact) mass is 442 g/mol. The third-order valence-corrected chi connectivity index (χ3v) is 6.08. The number of rotatable bonds is 8. The van der Waals surface area contributed by atoms with Crippen LogP contribution >= 0.6 is 11.6 Å². The van der Waals surface area contributed by atoms with Crippen molar-refractivity contribution in [2.45, 2.75) is 12.6 Å². The van der Waals surface area contributed by atoms with E-state index in [4.69, 9.17) is 11.6 Å². The molecule has 0 spiro atoms. The molecule has 0 aliphatic carbocycles. The molecule has 0 atom stereocenters. The van der Waals surface area contributed by atoms with Gasteiger partial charge < -0.3 is 5.32 Å². The van der Waals surface area contributed by atoms with E-state index in [0.717, 1.165) is 27.3 Å². The summed E-state index contributed by atoms with van der Waals surface area (Å²) in [5, 5.41) is 3.55. The molecule has 0 fully saturated rings. The highest BCUT2D eigenvalue weighted by Gasteiger charge is 2.23. The van der Waals surface area contributed by atoms with Gasteiger partial charge in [-0.15, -0.1) is 0 Å². The molecule has 3 aromatic rings. The highest BCUT2D eigenvalue weighted by molar-refractivity contribution is 7.88. The Kier molecular flexibility index (Phi) is 7.26. The van der Waals surface area contributed by atoms with Crippen molar-refractivity contribution < 1.29 is 13.2 Å². The van der Waals surface area contributed by atoms with Gasteiger partial charge >= 0.3 is 0 Å². The molecule has 7 heteroatoms. The van der Waals surface area contributed by atoms with Crippen molar-refractivity contribution >= 4 is 27.5 Å². The lowest BCUT2D eigenvalue weighted by molar-refractivity contribution is -0.121. The molecule has 3 aromatic carbocycles. The maximum Gasteiger partial charge on any atom is 0.236 e. The molecule has 0 bridgehead atoms. The molecule has 5 nitrogen and oxygen atoms in total. The molecule has 1 amide bonds. The Hall–Kier alpha value is -2.67. The average Bonchev–Trinajstić information content (AvgIpc) is 2.73. The van der Waals surface area contributed by atoms with Gasteiger partial charge in [0.15, 0.2) is 0 Å². The zero-order valence-electron chi connectivity index (χ0n) is 16.5. The van der Waals surface area contributed by atoms with Crippen LogP contribution in [0.5, 0.6) is 0 Å². The van der Waals surface area contributed by atoms with E-state index in [0.29, 0.717) is 5.02 Å². The molecule has 0 heterocycles. The van der Waals surface area contributed by atoms with Gasteiger partial charge in [-0.3, -0.25) is 4.79 Å². The topological polar surface area (TPSA) is 66.5 Å². The highest BCUT2D eigenvalue weighted by atomic mass is 35.5. The third kappa shape index (κ3) is 6.16. The van der Waals surface area contributed by atoms with E-state index >= 15 is 0 Å². The number of carbonyl (C=O) groups excluding carboxylic acids is 1. The minimum Gasteiger partial charge on any atom is -0.344 e. The van der Waals surface area contributed by atoms with Crippen molar-refractivity contribution in [3.05, 3.63) is 107 Å². The minimum absolute atomic E-state index is 0.0881. The van der Waals surface area contributed by atoms with Gasteiger partial charge in [0.2, 0.25) is 15.9 Å². The van der Waals surface area contributed by atoms with E-state index in [2.05, 4.69) is 5.32 Å². The molecule has 3 rings (SSSR count). The predicted molar refractivity (Wildman–Crippen MR) is 120 cm³/mol. The molecule has 0 saturated heterocycles. The molecule has 0 saturated carbocycles. The second kappa shape index (κ2) is 9.89. The first kappa shape index (κ1) is 22.0. The quantitative estimate of drug-likeness (QED) is 0.573. The Bertz CT molecular complexity index is 1030. The lowest BCUT2D eigenvalue weighted by Crippen LogP contribution is -2.41. The largest absolute Gasteiger partial charge is 0.344 e. The minimum atomic E-state index is -3.59. The van der Waals surface area contributed by atoms with E-state index in [1.807, 2.05) is 60.7 Å². The van der Waals surface area contributed by atoms with Gasteiger partial charge in [0.25, 0.3) is 0 Å². The van der Waals surface area contributed by atoms with Crippen molar-refractivity contribution in [3.8, 4) is 0 Å². The maximum absolute atomic E-state index is 12.9. The number of nitrogens with one attached hydrogen (secondary N) is 1. The fraction of sp³-hybridized carbons (Fsp3) is 0.174. The summed E-state index contributed by atoms with van der Waals surface area (Å²) >= 11 is 5.90. The number of benzene rings is 3. The van der Waals surface area contributed by atoms with Gasteiger partial charge in [0.1, 0.15) is 0 Å². The van der Waals surface area contributed by atoms with Crippen LogP contribution in [0.15, 0.2) is 84.9 Å². The van der Waals surface area contributed by atoms with Gasteiger partial charge in [-0.1, -0.05) is 84.4 Å². The smallest absolute Gasteiger partial charge is 0.236 e. The molecule has 0 aliphatic heterocycles. The maximum atomic E-state index is 12.9. The van der Waals surface area contributed by atoms with Crippen molar-refractivity contribution in [3.63, 3.8) is 0 Å². The summed E-state index contributed by atoms with van der Waals surface area (Å²) in [6.07, 6.45) is 1.10. The van der Waals surface area contributed by atoms with Crippen LogP contribution in [0.3, 0.4) is 0 Å². The third-order valence-electron chi connectivity index (χ3n) is 4.63. The van der Waals surface area contributed by atoms with Crippen LogP contribution < -0.4 is 5.32 Å². The number of carbonyl (C=O) groups is 1. The molecule has 0 aliphatic rings. The molecule has 1 N–H and O–H groups in total. The molecule has 0 aromatic heterocycles. The molecule has 0 unspecified atom stereocenters. The Morgan fingerprint density at radius 2 is 1.40 bits per heavy atom. The number of hydrogen-bond donors (Lipinski definition) is 1. The zero-order valence-corrected chi connectivity index (χ0v) is 18.1. The molecular formula is C23H23ClN2O3S. The van der Waals surface area contributed by atoms with E-state index in [1.54, 1.807) is 24.3 Å². The van der Waals surface area contributed by atoms with Crippen molar-refractivity contribution in [2.75, 3.05) is 12.8 Å². The van der Waals surface area contributed by atoms with E-state index in [1.165, 1.54) is 0 Å². The number of sulfonamides is 1. The predicted octanol–water partition coefficient (Wildman–Crippen LogP) is 4.01. The number of amides is 1. The zero-order chi connectivity index (χ0) is 21.6. The first-order chi connectivity index (χ1) is 14.3. The SMILES string of the molecule is CS(=O)(=O)N(CC(=O)NC(c1ccccc1)c1ccccc1)Cc1ccc(Cl)cc1. The standard InChI is InChI=1S/C23H23ClN2O3S/c1-30(28,29)26(16-18-12-14-21(24)15-13-18)17-22(27)25-23(19-8-4-2-5-9-19)20-10-6-3-7-11-20/h2-15,23H,16-17H2,1H3,(H,25,27). The summed E-state index contributed by atoms with van der Waals surface area (Å²) in [7, 11) is -3.59. The number of nitrogens with zero attached hydrogens (tertiary/aromatic N) is 1. The molecular weight excluding hydrogens is 420 g/mol. The Morgan fingerprint density at radius 3 is 1.87 bits per heavy atom. The van der Waals surface area contributed by atoms with Gasteiger partial charge in [0.05, 0.1) is 18.8 Å². The van der Waals surface area contributed by atoms with Crippen LogP contribution in [0, 0.1) is 0 Å². The Labute approximate surface area is 182 Å². The van der Waals surface area contributed by atoms with E-state index in [9.17, 15) is 13.2 Å². The van der Waals surface area contributed by atoms with Crippen LogP contribution in [0.2, 0.25) is 5.02 Å². The van der Waals surface area contributed by atoms with Gasteiger partial charge in [-0.2, -0.15) is 4.31 Å². The van der Waals surface area contributed by atoms with Crippen LogP contribution in [-0.4, -0.2) is 31.4 Å². The summed E-state index contributed by atoms with van der Waals surface area (Å²) in [5.74, 6) is -0.382. The number of hydrogen-bond acceptors (Lipinski definition) is 3. The fourth-order valence-corrected chi connectivity index (χ4v) is 3.96. The van der Waals surface area contributed by atoms with Crippen LogP contribution in [0.4, 0.5) is 0 Å². The fourth-order valence-electron chi connectivity index (χ4n) is 3.10. The van der Waals surface area contributed by atoms with E-state index in [-0.39, 0.29) is 25.0 Å². The van der Waals surface area contributed by atoms with Crippen molar-refractivity contribution in [1.82, 2.24) is 9.62 Å². The summed E-state index contributed by atoms with van der Waals surface area (Å²) in [5.41, 5.74) is 2.58. The first-order valence-electron chi connectivity index (χ1n) is 9.42. The summed E-state index contributed by atoms with van der Waals surface area (Å²) in [6, 6.07) is 25.6. The highest BCUT2D eigenvalue weighted by Crippen LogP contribution is 2.22. The summed E-state index contributed by atoms with van der Waals surface area (Å²) in [4.78, 5) is 12.9. The lowest BCUT2D eigenvalue weighted by atomic mass is 9.99. The van der Waals surface area contributed by atoms with Gasteiger partial charge in [0, 0.05) is 11.6 Å². The average molecular weight is 443 g/mol. The number of halogens is 1.